The van der Waals surface area contributed by atoms with E-state index in [0.29, 0.717) is 6.04 Å². The smallest absolute Gasteiger partial charge is 0.104 e. The second kappa shape index (κ2) is 6.92. The zero-order valence-electron chi connectivity index (χ0n) is 12.8. The van der Waals surface area contributed by atoms with Gasteiger partial charge in [-0.05, 0) is 36.8 Å². The fourth-order valence-corrected chi connectivity index (χ4v) is 3.17. The normalized spacial score (nSPS) is 26.9. The van der Waals surface area contributed by atoms with Crippen molar-refractivity contribution < 1.29 is 5.11 Å². The van der Waals surface area contributed by atoms with Crippen molar-refractivity contribution >= 4 is 0 Å². The number of nitrogens with zero attached hydrogens (tertiary/aromatic N) is 1. The number of rotatable bonds is 2. The largest absolute Gasteiger partial charge is 0.384 e. The van der Waals surface area contributed by atoms with Crippen molar-refractivity contribution in [1.82, 2.24) is 4.90 Å². The highest BCUT2D eigenvalue weighted by molar-refractivity contribution is 5.41. The number of piperidine rings is 1. The van der Waals surface area contributed by atoms with Crippen LogP contribution in [0.4, 0.5) is 0 Å². The Labute approximate surface area is 122 Å². The maximum atomic E-state index is 8.87. The Bertz CT molecular complexity index is 500. The molecule has 1 fully saturated rings. The van der Waals surface area contributed by atoms with Gasteiger partial charge in [-0.15, -0.1) is 0 Å². The van der Waals surface area contributed by atoms with Gasteiger partial charge < -0.3 is 5.11 Å². The third kappa shape index (κ3) is 3.62. The van der Waals surface area contributed by atoms with Crippen LogP contribution in [-0.4, -0.2) is 29.2 Å². The molecular formula is C18H25NO. The second-order valence-corrected chi connectivity index (χ2v) is 6.11. The molecule has 1 heterocycles. The molecule has 0 spiro atoms. The van der Waals surface area contributed by atoms with E-state index in [-0.39, 0.29) is 6.61 Å². The maximum absolute atomic E-state index is 8.87. The van der Waals surface area contributed by atoms with Gasteiger partial charge >= 0.3 is 0 Å². The van der Waals surface area contributed by atoms with Crippen molar-refractivity contribution in [3.05, 3.63) is 35.4 Å². The highest BCUT2D eigenvalue weighted by Crippen LogP contribution is 2.28. The van der Waals surface area contributed by atoms with Gasteiger partial charge in [0, 0.05) is 24.7 Å². The van der Waals surface area contributed by atoms with Crippen LogP contribution in [-0.2, 0) is 6.54 Å². The van der Waals surface area contributed by atoms with Crippen molar-refractivity contribution in [1.29, 1.82) is 0 Å². The van der Waals surface area contributed by atoms with Crippen LogP contribution in [0.15, 0.2) is 24.3 Å². The van der Waals surface area contributed by atoms with Crippen molar-refractivity contribution in [2.24, 2.45) is 11.8 Å². The standard InChI is InChI=1S/C18H25NO/c1-14-11-15(2)16(3)19(12-14)13-18-8-5-4-7-17(18)9-6-10-20/h4-5,7-8,14-16,20H,10-13H2,1-3H3. The van der Waals surface area contributed by atoms with Crippen LogP contribution in [0.5, 0.6) is 0 Å². The minimum Gasteiger partial charge on any atom is -0.384 e. The van der Waals surface area contributed by atoms with Crippen LogP contribution in [0.25, 0.3) is 0 Å². The van der Waals surface area contributed by atoms with E-state index in [1.807, 2.05) is 12.1 Å². The van der Waals surface area contributed by atoms with E-state index in [1.165, 1.54) is 12.0 Å². The predicted octanol–water partition coefficient (Wildman–Crippen LogP) is 2.90. The molecule has 3 unspecified atom stereocenters. The SMILES string of the molecule is CC1CC(C)C(C)N(Cc2ccccc2C#CCO)C1. The minimum atomic E-state index is -0.0808. The Balaban J connectivity index is 2.16. The van der Waals surface area contributed by atoms with Crippen LogP contribution < -0.4 is 0 Å². The zero-order valence-corrected chi connectivity index (χ0v) is 12.8. The van der Waals surface area contributed by atoms with E-state index in [4.69, 9.17) is 5.11 Å². The lowest BCUT2D eigenvalue weighted by Gasteiger charge is -2.41. The quantitative estimate of drug-likeness (QED) is 0.836. The van der Waals surface area contributed by atoms with Crippen molar-refractivity contribution in [3.8, 4) is 11.8 Å². The number of aliphatic hydroxyl groups excluding tert-OH is 1. The lowest BCUT2D eigenvalue weighted by atomic mass is 9.85. The summed E-state index contributed by atoms with van der Waals surface area (Å²) in [5.74, 6) is 7.33. The summed E-state index contributed by atoms with van der Waals surface area (Å²) in [7, 11) is 0. The molecule has 0 saturated carbocycles. The van der Waals surface area contributed by atoms with Gasteiger partial charge in [0.05, 0.1) is 0 Å². The molecule has 20 heavy (non-hydrogen) atoms. The molecule has 2 nitrogen and oxygen atoms in total. The first-order valence-corrected chi connectivity index (χ1v) is 7.53. The van der Waals surface area contributed by atoms with E-state index in [1.54, 1.807) is 0 Å². The summed E-state index contributed by atoms with van der Waals surface area (Å²) in [5.41, 5.74) is 2.31. The Morgan fingerprint density at radius 2 is 2.00 bits per heavy atom. The van der Waals surface area contributed by atoms with Crippen molar-refractivity contribution in [2.75, 3.05) is 13.2 Å². The summed E-state index contributed by atoms with van der Waals surface area (Å²) in [6, 6.07) is 8.89. The van der Waals surface area contributed by atoms with E-state index >= 15 is 0 Å². The van der Waals surface area contributed by atoms with Gasteiger partial charge in [0.2, 0.25) is 0 Å². The second-order valence-electron chi connectivity index (χ2n) is 6.11. The summed E-state index contributed by atoms with van der Waals surface area (Å²) in [4.78, 5) is 2.57. The average molecular weight is 271 g/mol. The Hall–Kier alpha value is -1.30. The molecule has 1 aromatic carbocycles. The van der Waals surface area contributed by atoms with Gasteiger partial charge in [-0.3, -0.25) is 4.90 Å². The minimum absolute atomic E-state index is 0.0808. The Kier molecular flexibility index (Phi) is 5.23. The van der Waals surface area contributed by atoms with Gasteiger partial charge in [-0.25, -0.2) is 0 Å². The highest BCUT2D eigenvalue weighted by atomic mass is 16.2. The van der Waals surface area contributed by atoms with Crippen LogP contribution in [0.3, 0.4) is 0 Å². The Morgan fingerprint density at radius 1 is 1.25 bits per heavy atom. The predicted molar refractivity (Wildman–Crippen MR) is 83.2 cm³/mol. The van der Waals surface area contributed by atoms with Gasteiger partial charge in [-0.2, -0.15) is 0 Å². The van der Waals surface area contributed by atoms with Crippen LogP contribution in [0.1, 0.15) is 38.3 Å². The summed E-state index contributed by atoms with van der Waals surface area (Å²) < 4.78 is 0. The summed E-state index contributed by atoms with van der Waals surface area (Å²) in [6.07, 6.45) is 1.32. The van der Waals surface area contributed by atoms with Crippen LogP contribution in [0, 0.1) is 23.7 Å². The average Bonchev–Trinajstić information content (AvgIpc) is 2.43. The van der Waals surface area contributed by atoms with E-state index < -0.39 is 0 Å². The molecule has 0 radical (unpaired) electrons. The van der Waals surface area contributed by atoms with E-state index in [9.17, 15) is 0 Å². The first-order chi connectivity index (χ1) is 9.61. The first kappa shape index (κ1) is 15.1. The number of benzene rings is 1. The molecule has 1 aliphatic heterocycles. The Morgan fingerprint density at radius 3 is 2.75 bits per heavy atom. The topological polar surface area (TPSA) is 23.5 Å². The van der Waals surface area contributed by atoms with Crippen LogP contribution >= 0.6 is 0 Å². The monoisotopic (exact) mass is 271 g/mol. The first-order valence-electron chi connectivity index (χ1n) is 7.53. The van der Waals surface area contributed by atoms with Crippen LogP contribution in [0.2, 0.25) is 0 Å². The van der Waals surface area contributed by atoms with E-state index in [2.05, 4.69) is 49.6 Å². The molecule has 3 atom stereocenters. The molecule has 1 aromatic rings. The van der Waals surface area contributed by atoms with Gasteiger partial charge in [-0.1, -0.05) is 43.9 Å². The lowest BCUT2D eigenvalue weighted by Crippen LogP contribution is -2.45. The molecule has 1 saturated heterocycles. The summed E-state index contributed by atoms with van der Waals surface area (Å²) in [5, 5.41) is 8.87. The van der Waals surface area contributed by atoms with Crippen molar-refractivity contribution in [3.63, 3.8) is 0 Å². The van der Waals surface area contributed by atoms with Gasteiger partial charge in [0.15, 0.2) is 0 Å². The molecule has 2 heteroatoms. The highest BCUT2D eigenvalue weighted by Gasteiger charge is 2.28. The molecule has 0 aliphatic carbocycles. The lowest BCUT2D eigenvalue weighted by molar-refractivity contribution is 0.0729. The third-order valence-corrected chi connectivity index (χ3v) is 4.41. The molecule has 0 amide bonds. The molecule has 1 N–H and O–H groups in total. The van der Waals surface area contributed by atoms with Gasteiger partial charge in [0.25, 0.3) is 0 Å². The number of aliphatic hydroxyl groups is 1. The maximum Gasteiger partial charge on any atom is 0.104 e. The molecule has 1 aliphatic rings. The number of hydrogen-bond donors (Lipinski definition) is 1. The van der Waals surface area contributed by atoms with E-state index in [0.717, 1.165) is 30.5 Å². The molecule has 108 valence electrons. The number of hydrogen-bond acceptors (Lipinski definition) is 2. The summed E-state index contributed by atoms with van der Waals surface area (Å²) >= 11 is 0. The third-order valence-electron chi connectivity index (χ3n) is 4.41. The molecular weight excluding hydrogens is 246 g/mol. The molecule has 2 rings (SSSR count). The summed E-state index contributed by atoms with van der Waals surface area (Å²) in [6.45, 7) is 9.05. The zero-order chi connectivity index (χ0) is 14.5. The fraction of sp³-hybridized carbons (Fsp3) is 0.556. The molecule has 0 bridgehead atoms. The number of likely N-dealkylation sites (tertiary alicyclic amines) is 1. The van der Waals surface area contributed by atoms with Crippen molar-refractivity contribution in [2.45, 2.75) is 39.8 Å². The van der Waals surface area contributed by atoms with Gasteiger partial charge in [0.1, 0.15) is 6.61 Å². The molecule has 0 aromatic heterocycles. The fourth-order valence-electron chi connectivity index (χ4n) is 3.17.